The summed E-state index contributed by atoms with van der Waals surface area (Å²) in [5.74, 6) is -1.45. The highest BCUT2D eigenvalue weighted by Gasteiger charge is 2.28. The summed E-state index contributed by atoms with van der Waals surface area (Å²) in [5.41, 5.74) is 0. The summed E-state index contributed by atoms with van der Waals surface area (Å²) < 4.78 is 39.6. The Morgan fingerprint density at radius 2 is 0.622 bits per heavy atom. The van der Waals surface area contributed by atoms with Crippen molar-refractivity contribution in [3.63, 3.8) is 0 Å². The van der Waals surface area contributed by atoms with E-state index in [1.165, 1.54) is 180 Å². The predicted molar refractivity (Wildman–Crippen MR) is 307 cm³/mol. The Labute approximate surface area is 455 Å². The number of hydrogen-bond donors (Lipinski definition) is 2. The fourth-order valence-electron chi connectivity index (χ4n) is 9.05. The Kier molecular flexibility index (Phi) is 55.6. The van der Waals surface area contributed by atoms with Gasteiger partial charge in [-0.25, -0.2) is 4.57 Å². The highest BCUT2D eigenvalue weighted by atomic mass is 31.2. The molecule has 0 fully saturated rings. The summed E-state index contributed by atoms with van der Waals surface area (Å²) in [4.78, 5) is 48.6. The van der Waals surface area contributed by atoms with Crippen LogP contribution in [0.4, 0.5) is 0 Å². The summed E-state index contributed by atoms with van der Waals surface area (Å²) in [7, 11) is -4.74. The summed E-state index contributed by atoms with van der Waals surface area (Å²) in [5, 5.41) is 9.82. The van der Waals surface area contributed by atoms with Gasteiger partial charge in [-0.3, -0.25) is 23.4 Å². The van der Waals surface area contributed by atoms with Crippen LogP contribution in [0.1, 0.15) is 316 Å². The Morgan fingerprint density at radius 3 is 0.932 bits per heavy atom. The molecule has 0 aliphatic heterocycles. The van der Waals surface area contributed by atoms with Crippen LogP contribution in [-0.4, -0.2) is 66.5 Å². The Hall–Kier alpha value is -2.04. The van der Waals surface area contributed by atoms with Gasteiger partial charge in [-0.2, -0.15) is 0 Å². The molecular formula is C62H117O11P. The number of rotatable bonds is 59. The van der Waals surface area contributed by atoms with Crippen LogP contribution in [0.15, 0.2) is 24.3 Å². The molecule has 3 atom stereocenters. The van der Waals surface area contributed by atoms with Crippen LogP contribution in [0.25, 0.3) is 0 Å². The Morgan fingerprint density at radius 1 is 0.365 bits per heavy atom. The molecular weight excluding hydrogens is 952 g/mol. The molecule has 0 amide bonds. The maximum absolute atomic E-state index is 12.9. The number of ether oxygens (including phenoxy) is 3. The second-order valence-corrected chi connectivity index (χ2v) is 22.7. The lowest BCUT2D eigenvalue weighted by Crippen LogP contribution is -2.30. The van der Waals surface area contributed by atoms with Crippen molar-refractivity contribution in [3.8, 4) is 0 Å². The van der Waals surface area contributed by atoms with Gasteiger partial charge >= 0.3 is 25.7 Å². The summed E-state index contributed by atoms with van der Waals surface area (Å²) in [6.07, 6.45) is 58.4. The summed E-state index contributed by atoms with van der Waals surface area (Å²) in [6.45, 7) is 4.69. The van der Waals surface area contributed by atoms with E-state index in [4.69, 9.17) is 23.3 Å². The molecule has 0 aromatic rings. The maximum atomic E-state index is 12.9. The van der Waals surface area contributed by atoms with E-state index in [9.17, 15) is 28.9 Å². The highest BCUT2D eigenvalue weighted by Crippen LogP contribution is 2.43. The molecule has 2 N–H and O–H groups in total. The molecule has 0 radical (unpaired) electrons. The van der Waals surface area contributed by atoms with Crippen molar-refractivity contribution in [1.29, 1.82) is 0 Å². The minimum absolute atomic E-state index is 0.169. The molecule has 0 spiro atoms. The van der Waals surface area contributed by atoms with Crippen LogP contribution < -0.4 is 0 Å². The fourth-order valence-corrected chi connectivity index (χ4v) is 9.84. The van der Waals surface area contributed by atoms with E-state index in [2.05, 4.69) is 45.1 Å². The number of esters is 3. The lowest BCUT2D eigenvalue weighted by molar-refractivity contribution is -0.161. The van der Waals surface area contributed by atoms with Crippen molar-refractivity contribution in [3.05, 3.63) is 24.3 Å². The average Bonchev–Trinajstić information content (AvgIpc) is 3.39. The van der Waals surface area contributed by atoms with Crippen LogP contribution >= 0.6 is 7.82 Å². The summed E-state index contributed by atoms with van der Waals surface area (Å²) in [6, 6.07) is 0. The lowest BCUT2D eigenvalue weighted by atomic mass is 10.0. The smallest absolute Gasteiger partial charge is 0.462 e. The summed E-state index contributed by atoms with van der Waals surface area (Å²) >= 11 is 0. The van der Waals surface area contributed by atoms with Crippen LogP contribution in [0.5, 0.6) is 0 Å². The fraction of sp³-hybridized carbons (Fsp3) is 0.887. The predicted octanol–water partition coefficient (Wildman–Crippen LogP) is 18.6. The van der Waals surface area contributed by atoms with Crippen LogP contribution in [-0.2, 0) is 42.2 Å². The van der Waals surface area contributed by atoms with Crippen molar-refractivity contribution in [2.45, 2.75) is 328 Å². The van der Waals surface area contributed by atoms with Crippen molar-refractivity contribution in [1.82, 2.24) is 0 Å². The van der Waals surface area contributed by atoms with Crippen molar-refractivity contribution in [2.75, 3.05) is 26.4 Å². The van der Waals surface area contributed by atoms with Gasteiger partial charge in [-0.15, -0.1) is 0 Å². The van der Waals surface area contributed by atoms with E-state index >= 15 is 0 Å². The van der Waals surface area contributed by atoms with Gasteiger partial charge in [0.1, 0.15) is 12.7 Å². The monoisotopic (exact) mass is 1070 g/mol. The molecule has 0 saturated heterocycles. The first-order valence-electron chi connectivity index (χ1n) is 31.2. The number of phosphoric ester groups is 1. The first kappa shape index (κ1) is 72.0. The first-order chi connectivity index (χ1) is 36.2. The number of aliphatic hydroxyl groups excluding tert-OH is 1. The molecule has 0 rings (SSSR count). The van der Waals surface area contributed by atoms with Crippen molar-refractivity contribution < 1.29 is 52.2 Å². The molecule has 436 valence electrons. The number of carbonyl (C=O) groups excluding carboxylic acids is 3. The molecule has 0 aromatic carbocycles. The van der Waals surface area contributed by atoms with E-state index in [1.54, 1.807) is 0 Å². The first-order valence-corrected chi connectivity index (χ1v) is 32.7. The molecule has 74 heavy (non-hydrogen) atoms. The molecule has 0 heterocycles. The highest BCUT2D eigenvalue weighted by molar-refractivity contribution is 7.47. The van der Waals surface area contributed by atoms with E-state index in [0.29, 0.717) is 19.3 Å². The zero-order chi connectivity index (χ0) is 54.1. The standard InChI is InChI=1S/C62H117O11P/c1-4-7-10-13-16-19-22-25-27-28-29-30-32-35-38-41-44-47-50-53-62(66)73-59(55-69-60(64)51-48-45-42-39-36-34-31-26-23-20-17-14-11-8-5-2)57-71-74(67,68)70-56-58(54-63)72-61(65)52-49-46-43-40-37-33-24-21-18-15-12-9-6-3/h25-27,31,58-59,63H,4-24,28-30,32-57H2,1-3H3,(H,67,68)/b27-25-,31-26-. The van der Waals surface area contributed by atoms with Crippen LogP contribution in [0.3, 0.4) is 0 Å². The number of aliphatic hydroxyl groups is 1. The van der Waals surface area contributed by atoms with Gasteiger partial charge in [0.2, 0.25) is 0 Å². The molecule has 3 unspecified atom stereocenters. The second-order valence-electron chi connectivity index (χ2n) is 21.2. The third kappa shape index (κ3) is 54.7. The topological polar surface area (TPSA) is 155 Å². The average molecular weight is 1070 g/mol. The van der Waals surface area contributed by atoms with E-state index < -0.39 is 57.8 Å². The molecule has 0 aliphatic carbocycles. The number of hydrogen-bond acceptors (Lipinski definition) is 10. The molecule has 0 saturated carbocycles. The molecule has 11 nitrogen and oxygen atoms in total. The molecule has 12 heteroatoms. The SMILES string of the molecule is CCCCCCCC/C=C\CCCCCCCCCCCC(=O)OC(COC(=O)CCCCCCC/C=C\CCCCCCCC)COP(=O)(O)OCC(CO)OC(=O)CCCCCCCCCCCCCCC. The van der Waals surface area contributed by atoms with Gasteiger partial charge in [-0.1, -0.05) is 251 Å². The maximum Gasteiger partial charge on any atom is 0.472 e. The number of allylic oxidation sites excluding steroid dienone is 4. The Balaban J connectivity index is 4.68. The van der Waals surface area contributed by atoms with Gasteiger partial charge < -0.3 is 24.2 Å². The normalized spacial score (nSPS) is 13.4. The van der Waals surface area contributed by atoms with E-state index in [0.717, 1.165) is 77.0 Å². The van der Waals surface area contributed by atoms with Gasteiger partial charge in [0.05, 0.1) is 19.8 Å². The number of phosphoric acid groups is 1. The van der Waals surface area contributed by atoms with Gasteiger partial charge in [0, 0.05) is 19.3 Å². The lowest BCUT2D eigenvalue weighted by Gasteiger charge is -2.21. The number of carbonyl (C=O) groups is 3. The third-order valence-electron chi connectivity index (χ3n) is 13.8. The van der Waals surface area contributed by atoms with E-state index in [-0.39, 0.29) is 25.9 Å². The van der Waals surface area contributed by atoms with Gasteiger partial charge in [-0.05, 0) is 70.6 Å². The Bertz CT molecular complexity index is 1340. The van der Waals surface area contributed by atoms with Gasteiger partial charge in [0.15, 0.2) is 6.10 Å². The third-order valence-corrected chi connectivity index (χ3v) is 14.8. The van der Waals surface area contributed by atoms with Crippen LogP contribution in [0.2, 0.25) is 0 Å². The minimum Gasteiger partial charge on any atom is -0.462 e. The quantitative estimate of drug-likeness (QED) is 0.0197. The van der Waals surface area contributed by atoms with Crippen molar-refractivity contribution in [2.24, 2.45) is 0 Å². The van der Waals surface area contributed by atoms with Crippen molar-refractivity contribution >= 4 is 25.7 Å². The van der Waals surface area contributed by atoms with E-state index in [1.807, 2.05) is 0 Å². The second kappa shape index (κ2) is 57.1. The molecule has 0 bridgehead atoms. The molecule has 0 aliphatic rings. The zero-order valence-electron chi connectivity index (χ0n) is 48.3. The largest absolute Gasteiger partial charge is 0.472 e. The molecule has 0 aromatic heterocycles. The number of unbranched alkanes of at least 4 members (excludes halogenated alkanes) is 38. The zero-order valence-corrected chi connectivity index (χ0v) is 49.2. The van der Waals surface area contributed by atoms with Crippen LogP contribution in [0, 0.1) is 0 Å². The minimum atomic E-state index is -4.74. The van der Waals surface area contributed by atoms with Gasteiger partial charge in [0.25, 0.3) is 0 Å².